The number of carbonyl (C=O) groups is 1. The molecule has 0 bridgehead atoms. The number of nitrogens with one attached hydrogen (secondary N) is 1. The fourth-order valence-corrected chi connectivity index (χ4v) is 3.70. The van der Waals surface area contributed by atoms with Gasteiger partial charge < -0.3 is 5.32 Å². The smallest absolute Gasteiger partial charge is 0.225 e. The molecule has 0 unspecified atom stereocenters. The SMILES string of the molecule is N#CC1CCC(NC(=O)Cc2cc(Br)cs2)CC1. The van der Waals surface area contributed by atoms with E-state index < -0.39 is 0 Å². The molecule has 1 amide bonds. The number of amides is 1. The van der Waals surface area contributed by atoms with Crippen LogP contribution in [0.1, 0.15) is 30.6 Å². The van der Waals surface area contributed by atoms with Gasteiger partial charge in [-0.25, -0.2) is 0 Å². The highest BCUT2D eigenvalue weighted by atomic mass is 79.9. The van der Waals surface area contributed by atoms with Crippen LogP contribution in [0, 0.1) is 17.2 Å². The van der Waals surface area contributed by atoms with Crippen molar-refractivity contribution in [1.29, 1.82) is 5.26 Å². The van der Waals surface area contributed by atoms with Crippen LogP contribution in [0.2, 0.25) is 0 Å². The summed E-state index contributed by atoms with van der Waals surface area (Å²) in [6, 6.07) is 4.54. The van der Waals surface area contributed by atoms with Crippen molar-refractivity contribution in [2.45, 2.75) is 38.1 Å². The van der Waals surface area contributed by atoms with Crippen LogP contribution in [0.15, 0.2) is 15.9 Å². The van der Waals surface area contributed by atoms with Crippen LogP contribution >= 0.6 is 27.3 Å². The highest BCUT2D eigenvalue weighted by Gasteiger charge is 2.22. The van der Waals surface area contributed by atoms with Gasteiger partial charge in [-0.05, 0) is 47.7 Å². The van der Waals surface area contributed by atoms with E-state index in [0.717, 1.165) is 35.0 Å². The summed E-state index contributed by atoms with van der Waals surface area (Å²) in [5.41, 5.74) is 0. The minimum Gasteiger partial charge on any atom is -0.353 e. The maximum Gasteiger partial charge on any atom is 0.225 e. The molecule has 0 radical (unpaired) electrons. The van der Waals surface area contributed by atoms with Gasteiger partial charge in [0.2, 0.25) is 5.91 Å². The highest BCUT2D eigenvalue weighted by Crippen LogP contribution is 2.24. The van der Waals surface area contributed by atoms with E-state index in [-0.39, 0.29) is 17.9 Å². The van der Waals surface area contributed by atoms with Crippen LogP contribution < -0.4 is 5.32 Å². The molecule has 2 rings (SSSR count). The molecule has 1 fully saturated rings. The van der Waals surface area contributed by atoms with Crippen molar-refractivity contribution in [1.82, 2.24) is 5.32 Å². The quantitative estimate of drug-likeness (QED) is 0.926. The first-order valence-corrected chi connectivity index (χ1v) is 7.76. The number of hydrogen-bond acceptors (Lipinski definition) is 3. The molecule has 5 heteroatoms. The number of nitriles is 1. The zero-order valence-electron chi connectivity index (χ0n) is 9.99. The number of thiophene rings is 1. The van der Waals surface area contributed by atoms with Crippen LogP contribution in [0.3, 0.4) is 0 Å². The second-order valence-electron chi connectivity index (χ2n) is 4.65. The Kier molecular flexibility index (Phi) is 4.79. The van der Waals surface area contributed by atoms with Crippen molar-refractivity contribution in [3.63, 3.8) is 0 Å². The Hall–Kier alpha value is -0.860. The number of halogens is 1. The summed E-state index contributed by atoms with van der Waals surface area (Å²) >= 11 is 4.98. The van der Waals surface area contributed by atoms with Crippen LogP contribution in [-0.2, 0) is 11.2 Å². The Balaban J connectivity index is 1.77. The predicted molar refractivity (Wildman–Crippen MR) is 75.2 cm³/mol. The van der Waals surface area contributed by atoms with Gasteiger partial charge in [0, 0.05) is 26.7 Å². The standard InChI is InChI=1S/C13H15BrN2OS/c14-10-5-12(18-8-10)6-13(17)16-11-3-1-9(7-15)2-4-11/h5,8-9,11H,1-4,6H2,(H,16,17). The van der Waals surface area contributed by atoms with E-state index in [0.29, 0.717) is 6.42 Å². The van der Waals surface area contributed by atoms with Crippen molar-refractivity contribution in [2.24, 2.45) is 5.92 Å². The molecule has 1 N–H and O–H groups in total. The summed E-state index contributed by atoms with van der Waals surface area (Å²) in [6.45, 7) is 0. The number of nitrogens with zero attached hydrogens (tertiary/aromatic N) is 1. The first-order valence-electron chi connectivity index (χ1n) is 6.09. The van der Waals surface area contributed by atoms with E-state index in [2.05, 4.69) is 27.3 Å². The van der Waals surface area contributed by atoms with Crippen molar-refractivity contribution in [2.75, 3.05) is 0 Å². The normalized spacial score (nSPS) is 23.3. The number of rotatable bonds is 3. The molecule has 1 aliphatic rings. The summed E-state index contributed by atoms with van der Waals surface area (Å²) in [4.78, 5) is 12.9. The first kappa shape index (κ1) is 13.6. The average Bonchev–Trinajstić information content (AvgIpc) is 2.75. The zero-order valence-corrected chi connectivity index (χ0v) is 12.4. The van der Waals surface area contributed by atoms with Crippen molar-refractivity contribution in [3.8, 4) is 6.07 Å². The monoisotopic (exact) mass is 326 g/mol. The lowest BCUT2D eigenvalue weighted by Gasteiger charge is -2.25. The predicted octanol–water partition coefficient (Wildman–Crippen LogP) is 3.25. The highest BCUT2D eigenvalue weighted by molar-refractivity contribution is 9.10. The van der Waals surface area contributed by atoms with Crippen LogP contribution in [-0.4, -0.2) is 11.9 Å². The van der Waals surface area contributed by atoms with Gasteiger partial charge in [0.1, 0.15) is 0 Å². The summed E-state index contributed by atoms with van der Waals surface area (Å²) in [5.74, 6) is 0.274. The van der Waals surface area contributed by atoms with Crippen LogP contribution in [0.4, 0.5) is 0 Å². The van der Waals surface area contributed by atoms with Crippen LogP contribution in [0.25, 0.3) is 0 Å². The number of hydrogen-bond donors (Lipinski definition) is 1. The number of carbonyl (C=O) groups excluding carboxylic acids is 1. The van der Waals surface area contributed by atoms with E-state index in [4.69, 9.17) is 5.26 Å². The van der Waals surface area contributed by atoms with Gasteiger partial charge in [0.25, 0.3) is 0 Å². The van der Waals surface area contributed by atoms with Gasteiger partial charge in [0.15, 0.2) is 0 Å². The minimum absolute atomic E-state index is 0.0877. The molecular formula is C13H15BrN2OS. The molecule has 1 heterocycles. The van der Waals surface area contributed by atoms with E-state index in [9.17, 15) is 4.79 Å². The molecule has 0 aliphatic heterocycles. The lowest BCUT2D eigenvalue weighted by molar-refractivity contribution is -0.121. The van der Waals surface area contributed by atoms with Gasteiger partial charge in [-0.15, -0.1) is 11.3 Å². The first-order chi connectivity index (χ1) is 8.67. The van der Waals surface area contributed by atoms with Gasteiger partial charge >= 0.3 is 0 Å². The molecule has 18 heavy (non-hydrogen) atoms. The van der Waals surface area contributed by atoms with E-state index in [1.807, 2.05) is 11.4 Å². The maximum atomic E-state index is 11.9. The van der Waals surface area contributed by atoms with Gasteiger partial charge in [-0.3, -0.25) is 4.79 Å². The average molecular weight is 327 g/mol. The third-order valence-corrected chi connectivity index (χ3v) is 4.93. The molecule has 96 valence electrons. The van der Waals surface area contributed by atoms with Gasteiger partial charge in [0.05, 0.1) is 12.5 Å². The molecule has 1 aliphatic carbocycles. The van der Waals surface area contributed by atoms with Crippen molar-refractivity contribution in [3.05, 3.63) is 20.8 Å². The molecule has 1 saturated carbocycles. The topological polar surface area (TPSA) is 52.9 Å². The Morgan fingerprint density at radius 2 is 2.22 bits per heavy atom. The van der Waals surface area contributed by atoms with E-state index >= 15 is 0 Å². The summed E-state index contributed by atoms with van der Waals surface area (Å²) in [6.07, 6.45) is 4.13. The van der Waals surface area contributed by atoms with Crippen LogP contribution in [0.5, 0.6) is 0 Å². The third kappa shape index (κ3) is 3.82. The van der Waals surface area contributed by atoms with Gasteiger partial charge in [-0.2, -0.15) is 5.26 Å². The Bertz CT molecular complexity index is 458. The lowest BCUT2D eigenvalue weighted by Crippen LogP contribution is -2.38. The Morgan fingerprint density at radius 1 is 1.50 bits per heavy atom. The molecule has 0 aromatic carbocycles. The molecule has 0 spiro atoms. The Labute approximate surface area is 119 Å². The fraction of sp³-hybridized carbons (Fsp3) is 0.538. The molecule has 0 saturated heterocycles. The molecule has 0 atom stereocenters. The van der Waals surface area contributed by atoms with Crippen molar-refractivity contribution < 1.29 is 4.79 Å². The van der Waals surface area contributed by atoms with Gasteiger partial charge in [-0.1, -0.05) is 0 Å². The lowest BCUT2D eigenvalue weighted by atomic mass is 9.87. The minimum atomic E-state index is 0.0877. The zero-order chi connectivity index (χ0) is 13.0. The largest absolute Gasteiger partial charge is 0.353 e. The van der Waals surface area contributed by atoms with Crippen molar-refractivity contribution >= 4 is 33.2 Å². The second kappa shape index (κ2) is 6.35. The summed E-state index contributed by atoms with van der Waals surface area (Å²) in [5, 5.41) is 13.9. The fourth-order valence-electron chi connectivity index (χ4n) is 2.25. The molecular weight excluding hydrogens is 312 g/mol. The second-order valence-corrected chi connectivity index (χ2v) is 6.56. The molecule has 1 aromatic heterocycles. The summed E-state index contributed by atoms with van der Waals surface area (Å²) < 4.78 is 1.03. The molecule has 1 aromatic rings. The van der Waals surface area contributed by atoms with E-state index in [1.165, 1.54) is 0 Å². The Morgan fingerprint density at radius 3 is 2.78 bits per heavy atom. The maximum absolute atomic E-state index is 11.9. The van der Waals surface area contributed by atoms with E-state index in [1.54, 1.807) is 11.3 Å². The molecule has 3 nitrogen and oxygen atoms in total. The third-order valence-electron chi connectivity index (χ3n) is 3.23. The summed E-state index contributed by atoms with van der Waals surface area (Å²) in [7, 11) is 0.